The molecule has 0 bridgehead atoms. The van der Waals surface area contributed by atoms with Gasteiger partial charge in [0.25, 0.3) is 0 Å². The second-order valence-corrected chi connectivity index (χ2v) is 4.21. The fourth-order valence-electron chi connectivity index (χ4n) is 1.86. The lowest BCUT2D eigenvalue weighted by atomic mass is 9.99. The van der Waals surface area contributed by atoms with Crippen LogP contribution in [-0.2, 0) is 0 Å². The summed E-state index contributed by atoms with van der Waals surface area (Å²) in [5.74, 6) is -0.389. The van der Waals surface area contributed by atoms with Crippen LogP contribution in [0.3, 0.4) is 0 Å². The molecule has 1 atom stereocenters. The minimum absolute atomic E-state index is 0.0250. The lowest BCUT2D eigenvalue weighted by Crippen LogP contribution is -2.17. The number of hydrogen-bond acceptors (Lipinski definition) is 1. The molecular weight excluding hydrogens is 237 g/mol. The summed E-state index contributed by atoms with van der Waals surface area (Å²) < 4.78 is 13.4. The number of rotatable bonds is 3. The second-order valence-electron chi connectivity index (χ2n) is 3.81. The van der Waals surface area contributed by atoms with Crippen LogP contribution in [0.5, 0.6) is 0 Å². The average Bonchev–Trinajstić information content (AvgIpc) is 2.36. The quantitative estimate of drug-likeness (QED) is 0.873. The highest BCUT2D eigenvalue weighted by atomic mass is 35.5. The Kier molecular flexibility index (Phi) is 3.77. The molecule has 0 aliphatic heterocycles. The Morgan fingerprint density at radius 3 is 2.35 bits per heavy atom. The molecule has 1 N–H and O–H groups in total. The van der Waals surface area contributed by atoms with Crippen LogP contribution in [0.15, 0.2) is 48.5 Å². The van der Waals surface area contributed by atoms with Crippen molar-refractivity contribution in [2.45, 2.75) is 6.04 Å². The van der Waals surface area contributed by atoms with E-state index in [1.165, 1.54) is 6.07 Å². The van der Waals surface area contributed by atoms with Crippen molar-refractivity contribution >= 4 is 11.6 Å². The predicted octanol–water partition coefficient (Wildman–Crippen LogP) is 3.79. The Morgan fingerprint density at radius 2 is 1.76 bits per heavy atom. The standard InChI is InChI=1S/C14H13ClFN/c1-17-14(10-5-3-2-4-6-10)11-7-8-12(15)13(16)9-11/h2-9,14,17H,1H3. The van der Waals surface area contributed by atoms with E-state index in [2.05, 4.69) is 5.32 Å². The van der Waals surface area contributed by atoms with Gasteiger partial charge in [0, 0.05) is 0 Å². The lowest BCUT2D eigenvalue weighted by molar-refractivity contribution is 0.617. The van der Waals surface area contributed by atoms with Crippen LogP contribution < -0.4 is 5.32 Å². The molecule has 88 valence electrons. The van der Waals surface area contributed by atoms with Crippen molar-refractivity contribution in [3.8, 4) is 0 Å². The van der Waals surface area contributed by atoms with Crippen molar-refractivity contribution in [1.29, 1.82) is 0 Å². The normalized spacial score (nSPS) is 12.4. The maximum Gasteiger partial charge on any atom is 0.142 e. The zero-order valence-electron chi connectivity index (χ0n) is 9.45. The van der Waals surface area contributed by atoms with Crippen molar-refractivity contribution < 1.29 is 4.39 Å². The van der Waals surface area contributed by atoms with Gasteiger partial charge in [0.1, 0.15) is 5.82 Å². The van der Waals surface area contributed by atoms with Crippen molar-refractivity contribution in [1.82, 2.24) is 5.32 Å². The highest BCUT2D eigenvalue weighted by Gasteiger charge is 2.13. The highest BCUT2D eigenvalue weighted by Crippen LogP contribution is 2.24. The molecular formula is C14H13ClFN. The minimum atomic E-state index is -0.389. The Hall–Kier alpha value is -1.38. The van der Waals surface area contributed by atoms with E-state index < -0.39 is 0 Å². The zero-order valence-corrected chi connectivity index (χ0v) is 10.2. The summed E-state index contributed by atoms with van der Waals surface area (Å²) in [6.07, 6.45) is 0. The molecule has 2 aromatic carbocycles. The first kappa shape index (κ1) is 12.1. The Morgan fingerprint density at radius 1 is 1.06 bits per heavy atom. The summed E-state index contributed by atoms with van der Waals surface area (Å²) in [6, 6.07) is 14.8. The fraction of sp³-hybridized carbons (Fsp3) is 0.143. The van der Waals surface area contributed by atoms with Gasteiger partial charge in [0.2, 0.25) is 0 Å². The van der Waals surface area contributed by atoms with Gasteiger partial charge in [0.15, 0.2) is 0 Å². The molecule has 0 amide bonds. The molecule has 0 radical (unpaired) electrons. The van der Waals surface area contributed by atoms with Gasteiger partial charge in [-0.15, -0.1) is 0 Å². The maximum absolute atomic E-state index is 13.4. The Labute approximate surface area is 105 Å². The maximum atomic E-state index is 13.4. The summed E-state index contributed by atoms with van der Waals surface area (Å²) >= 11 is 5.68. The van der Waals surface area contributed by atoms with E-state index in [0.29, 0.717) is 0 Å². The second kappa shape index (κ2) is 5.30. The summed E-state index contributed by atoms with van der Waals surface area (Å²) in [7, 11) is 1.85. The van der Waals surface area contributed by atoms with Crippen LogP contribution >= 0.6 is 11.6 Å². The highest BCUT2D eigenvalue weighted by molar-refractivity contribution is 6.30. The van der Waals surface area contributed by atoms with Crippen LogP contribution in [0.1, 0.15) is 17.2 Å². The van der Waals surface area contributed by atoms with Gasteiger partial charge in [0.05, 0.1) is 11.1 Å². The van der Waals surface area contributed by atoms with E-state index in [1.54, 1.807) is 6.07 Å². The van der Waals surface area contributed by atoms with Gasteiger partial charge in [-0.2, -0.15) is 0 Å². The molecule has 0 aliphatic carbocycles. The van der Waals surface area contributed by atoms with Gasteiger partial charge in [-0.1, -0.05) is 48.0 Å². The molecule has 0 aromatic heterocycles. The smallest absolute Gasteiger partial charge is 0.142 e. The molecule has 0 saturated heterocycles. The fourth-order valence-corrected chi connectivity index (χ4v) is 1.98. The average molecular weight is 250 g/mol. The third kappa shape index (κ3) is 2.65. The minimum Gasteiger partial charge on any atom is -0.309 e. The van der Waals surface area contributed by atoms with E-state index in [9.17, 15) is 4.39 Å². The topological polar surface area (TPSA) is 12.0 Å². The molecule has 0 saturated carbocycles. The predicted molar refractivity (Wildman–Crippen MR) is 68.8 cm³/mol. The van der Waals surface area contributed by atoms with Gasteiger partial charge in [-0.25, -0.2) is 4.39 Å². The van der Waals surface area contributed by atoms with Gasteiger partial charge in [-0.3, -0.25) is 0 Å². The molecule has 2 rings (SSSR count). The van der Waals surface area contributed by atoms with Gasteiger partial charge in [-0.05, 0) is 30.3 Å². The van der Waals surface area contributed by atoms with Crippen LogP contribution in [0.25, 0.3) is 0 Å². The summed E-state index contributed by atoms with van der Waals surface area (Å²) in [5, 5.41) is 3.32. The summed E-state index contributed by atoms with van der Waals surface area (Å²) in [6.45, 7) is 0. The van der Waals surface area contributed by atoms with Crippen molar-refractivity contribution in [3.05, 3.63) is 70.5 Å². The summed E-state index contributed by atoms with van der Waals surface area (Å²) in [5.41, 5.74) is 1.96. The van der Waals surface area contributed by atoms with E-state index in [-0.39, 0.29) is 16.9 Å². The van der Waals surface area contributed by atoms with Crippen LogP contribution in [0.2, 0.25) is 5.02 Å². The van der Waals surface area contributed by atoms with Crippen molar-refractivity contribution in [3.63, 3.8) is 0 Å². The SMILES string of the molecule is CNC(c1ccccc1)c1ccc(Cl)c(F)c1. The molecule has 1 nitrogen and oxygen atoms in total. The first-order valence-corrected chi connectivity index (χ1v) is 5.77. The van der Waals surface area contributed by atoms with E-state index in [1.807, 2.05) is 43.4 Å². The van der Waals surface area contributed by atoms with Crippen molar-refractivity contribution in [2.24, 2.45) is 0 Å². The molecule has 0 heterocycles. The lowest BCUT2D eigenvalue weighted by Gasteiger charge is -2.17. The molecule has 0 aliphatic rings. The number of halogens is 2. The van der Waals surface area contributed by atoms with Crippen LogP contribution in [0, 0.1) is 5.82 Å². The van der Waals surface area contributed by atoms with E-state index in [0.717, 1.165) is 11.1 Å². The zero-order chi connectivity index (χ0) is 12.3. The third-order valence-corrected chi connectivity index (χ3v) is 3.01. The largest absolute Gasteiger partial charge is 0.309 e. The molecule has 0 spiro atoms. The summed E-state index contributed by atoms with van der Waals surface area (Å²) in [4.78, 5) is 0. The molecule has 3 heteroatoms. The number of nitrogens with one attached hydrogen (secondary N) is 1. The number of benzene rings is 2. The Balaban J connectivity index is 2.39. The van der Waals surface area contributed by atoms with Crippen molar-refractivity contribution in [2.75, 3.05) is 7.05 Å². The molecule has 2 aromatic rings. The molecule has 0 fully saturated rings. The van der Waals surface area contributed by atoms with Gasteiger partial charge < -0.3 is 5.32 Å². The Bertz CT molecular complexity index is 499. The first-order valence-electron chi connectivity index (χ1n) is 5.39. The first-order chi connectivity index (χ1) is 8.22. The third-order valence-electron chi connectivity index (χ3n) is 2.70. The van der Waals surface area contributed by atoms with Crippen LogP contribution in [0.4, 0.5) is 4.39 Å². The van der Waals surface area contributed by atoms with Gasteiger partial charge >= 0.3 is 0 Å². The molecule has 17 heavy (non-hydrogen) atoms. The number of hydrogen-bond donors (Lipinski definition) is 1. The van der Waals surface area contributed by atoms with E-state index in [4.69, 9.17) is 11.6 Å². The van der Waals surface area contributed by atoms with E-state index >= 15 is 0 Å². The monoisotopic (exact) mass is 249 g/mol. The molecule has 1 unspecified atom stereocenters. The van der Waals surface area contributed by atoms with Crippen LogP contribution in [-0.4, -0.2) is 7.05 Å².